The summed E-state index contributed by atoms with van der Waals surface area (Å²) >= 11 is 1.44. The van der Waals surface area contributed by atoms with Gasteiger partial charge in [0.2, 0.25) is 0 Å². The Morgan fingerprint density at radius 2 is 1.90 bits per heavy atom. The number of ketones is 1. The van der Waals surface area contributed by atoms with Crippen LogP contribution in [-0.2, 0) is 4.79 Å². The molecule has 0 saturated heterocycles. The Labute approximate surface area is 174 Å². The molecular formula is C23H24N4OS. The fourth-order valence-corrected chi connectivity index (χ4v) is 4.25. The number of benzene rings is 2. The maximum absolute atomic E-state index is 12.5. The topological polar surface area (TPSA) is 63.6 Å². The van der Waals surface area contributed by atoms with E-state index in [9.17, 15) is 4.79 Å². The zero-order valence-corrected chi connectivity index (χ0v) is 17.9. The maximum atomic E-state index is 12.5. The summed E-state index contributed by atoms with van der Waals surface area (Å²) in [7, 11) is 0. The molecule has 1 N–H and O–H groups in total. The van der Waals surface area contributed by atoms with Crippen molar-refractivity contribution in [3.8, 4) is 17.1 Å². The molecular weight excluding hydrogens is 380 g/mol. The summed E-state index contributed by atoms with van der Waals surface area (Å²) in [6, 6.07) is 16.4. The van der Waals surface area contributed by atoms with E-state index in [1.807, 2.05) is 61.9 Å². The van der Waals surface area contributed by atoms with Crippen molar-refractivity contribution in [2.24, 2.45) is 5.41 Å². The van der Waals surface area contributed by atoms with E-state index in [4.69, 9.17) is 0 Å². The predicted octanol–water partition coefficient (Wildman–Crippen LogP) is 5.43. The fourth-order valence-electron chi connectivity index (χ4n) is 3.14. The number of carbonyl (C=O) groups excluding carboxylic acids is 1. The lowest BCUT2D eigenvalue weighted by atomic mass is 9.92. The molecule has 5 nitrogen and oxygen atoms in total. The highest BCUT2D eigenvalue weighted by Crippen LogP contribution is 2.33. The van der Waals surface area contributed by atoms with Crippen LogP contribution in [-0.4, -0.2) is 31.3 Å². The largest absolute Gasteiger partial charge is 0.360 e. The van der Waals surface area contributed by atoms with Crippen LogP contribution in [0.25, 0.3) is 28.0 Å². The van der Waals surface area contributed by atoms with Crippen LogP contribution in [0.4, 0.5) is 0 Å². The highest BCUT2D eigenvalue weighted by molar-refractivity contribution is 7.99. The van der Waals surface area contributed by atoms with E-state index in [1.54, 1.807) is 0 Å². The summed E-state index contributed by atoms with van der Waals surface area (Å²) < 4.78 is 2.04. The van der Waals surface area contributed by atoms with E-state index < -0.39 is 0 Å². The molecule has 0 bridgehead atoms. The highest BCUT2D eigenvalue weighted by atomic mass is 32.2. The van der Waals surface area contributed by atoms with Crippen LogP contribution in [0.2, 0.25) is 0 Å². The van der Waals surface area contributed by atoms with Gasteiger partial charge in [-0.05, 0) is 30.7 Å². The Morgan fingerprint density at radius 3 is 2.66 bits per heavy atom. The third-order valence-corrected chi connectivity index (χ3v) is 5.82. The Hall–Kier alpha value is -2.86. The average molecular weight is 405 g/mol. The van der Waals surface area contributed by atoms with Crippen LogP contribution in [0, 0.1) is 12.3 Å². The van der Waals surface area contributed by atoms with E-state index in [0.29, 0.717) is 10.9 Å². The van der Waals surface area contributed by atoms with Gasteiger partial charge >= 0.3 is 0 Å². The van der Waals surface area contributed by atoms with Gasteiger partial charge in [-0.3, -0.25) is 9.36 Å². The normalized spacial score (nSPS) is 11.9. The first kappa shape index (κ1) is 19.5. The summed E-state index contributed by atoms with van der Waals surface area (Å²) in [5.74, 6) is 1.31. The number of rotatable bonds is 5. The van der Waals surface area contributed by atoms with Gasteiger partial charge in [0.25, 0.3) is 0 Å². The molecule has 0 saturated carbocycles. The van der Waals surface area contributed by atoms with Crippen molar-refractivity contribution in [3.05, 3.63) is 60.3 Å². The molecule has 4 rings (SSSR count). The summed E-state index contributed by atoms with van der Waals surface area (Å²) in [4.78, 5) is 15.8. The van der Waals surface area contributed by atoms with Gasteiger partial charge in [-0.1, -0.05) is 62.9 Å². The van der Waals surface area contributed by atoms with Gasteiger partial charge in [0, 0.05) is 33.8 Å². The number of Topliss-reactive ketones (excluding diaryl/α,β-unsaturated/α-hetero) is 1. The Bertz CT molecular complexity index is 1180. The lowest BCUT2D eigenvalue weighted by molar-refractivity contribution is -0.123. The molecule has 0 aliphatic carbocycles. The predicted molar refractivity (Wildman–Crippen MR) is 119 cm³/mol. The number of nitrogens with zero attached hydrogens (tertiary/aromatic N) is 3. The number of carbonyl (C=O) groups is 1. The van der Waals surface area contributed by atoms with Gasteiger partial charge in [0.05, 0.1) is 5.75 Å². The first-order valence-corrected chi connectivity index (χ1v) is 10.6. The molecule has 0 aliphatic heterocycles. The smallest absolute Gasteiger partial charge is 0.196 e. The number of aromatic nitrogens is 4. The molecule has 2 aromatic carbocycles. The van der Waals surface area contributed by atoms with Gasteiger partial charge in [-0.2, -0.15) is 0 Å². The number of nitrogens with one attached hydrogen (secondary N) is 1. The van der Waals surface area contributed by atoms with Crippen molar-refractivity contribution in [1.29, 1.82) is 0 Å². The van der Waals surface area contributed by atoms with E-state index in [0.717, 1.165) is 33.5 Å². The van der Waals surface area contributed by atoms with Crippen molar-refractivity contribution in [1.82, 2.24) is 19.7 Å². The van der Waals surface area contributed by atoms with Crippen molar-refractivity contribution in [3.63, 3.8) is 0 Å². The van der Waals surface area contributed by atoms with Crippen molar-refractivity contribution in [2.75, 3.05) is 5.75 Å². The van der Waals surface area contributed by atoms with Crippen LogP contribution < -0.4 is 0 Å². The Balaban J connectivity index is 1.82. The van der Waals surface area contributed by atoms with Crippen molar-refractivity contribution < 1.29 is 4.79 Å². The minimum Gasteiger partial charge on any atom is -0.360 e. The molecule has 29 heavy (non-hydrogen) atoms. The number of fused-ring (bicyclic) bond motifs is 1. The Morgan fingerprint density at radius 1 is 1.10 bits per heavy atom. The molecule has 0 spiro atoms. The first-order chi connectivity index (χ1) is 13.8. The van der Waals surface area contributed by atoms with Crippen LogP contribution in [0.1, 0.15) is 26.3 Å². The van der Waals surface area contributed by atoms with Crippen LogP contribution in [0.3, 0.4) is 0 Å². The minimum atomic E-state index is -0.374. The summed E-state index contributed by atoms with van der Waals surface area (Å²) in [6.07, 6.45) is 1.97. The second kappa shape index (κ2) is 7.52. The van der Waals surface area contributed by atoms with Crippen LogP contribution in [0.15, 0.2) is 59.9 Å². The number of hydrogen-bond acceptors (Lipinski definition) is 4. The monoisotopic (exact) mass is 404 g/mol. The van der Waals surface area contributed by atoms with Crippen molar-refractivity contribution in [2.45, 2.75) is 32.9 Å². The van der Waals surface area contributed by atoms with Gasteiger partial charge < -0.3 is 4.98 Å². The summed E-state index contributed by atoms with van der Waals surface area (Å²) in [6.45, 7) is 7.89. The van der Waals surface area contributed by atoms with E-state index >= 15 is 0 Å². The van der Waals surface area contributed by atoms with E-state index in [1.165, 1.54) is 11.8 Å². The third kappa shape index (κ3) is 3.85. The average Bonchev–Trinajstić information content (AvgIpc) is 3.29. The SMILES string of the molecule is Cc1cccc(-n2c(SCC(=O)C(C)(C)C)nnc2-c2c[nH]c3ccccc23)c1. The molecule has 0 fully saturated rings. The lowest BCUT2D eigenvalue weighted by Gasteiger charge is -2.16. The Kier molecular flexibility index (Phi) is 5.04. The molecule has 4 aromatic rings. The number of para-hydroxylation sites is 1. The maximum Gasteiger partial charge on any atom is 0.196 e. The number of H-pyrrole nitrogens is 1. The molecule has 2 aromatic heterocycles. The van der Waals surface area contributed by atoms with Gasteiger partial charge in [-0.15, -0.1) is 10.2 Å². The van der Waals surface area contributed by atoms with Crippen LogP contribution in [0.5, 0.6) is 0 Å². The second-order valence-electron chi connectivity index (χ2n) is 8.19. The zero-order valence-electron chi connectivity index (χ0n) is 17.1. The molecule has 148 valence electrons. The lowest BCUT2D eigenvalue weighted by Crippen LogP contribution is -2.22. The number of aryl methyl sites for hydroxylation is 1. The fraction of sp³-hybridized carbons (Fsp3) is 0.261. The van der Waals surface area contributed by atoms with Crippen molar-refractivity contribution >= 4 is 28.4 Å². The molecule has 0 aliphatic rings. The molecule has 0 atom stereocenters. The van der Waals surface area contributed by atoms with Gasteiger partial charge in [-0.25, -0.2) is 0 Å². The minimum absolute atomic E-state index is 0.190. The molecule has 0 unspecified atom stereocenters. The summed E-state index contributed by atoms with van der Waals surface area (Å²) in [5, 5.41) is 10.8. The van der Waals surface area contributed by atoms with E-state index in [2.05, 4.69) is 40.3 Å². The number of thioether (sulfide) groups is 1. The number of hydrogen-bond donors (Lipinski definition) is 1. The van der Waals surface area contributed by atoms with Crippen LogP contribution >= 0.6 is 11.8 Å². The zero-order chi connectivity index (χ0) is 20.6. The molecule has 6 heteroatoms. The van der Waals surface area contributed by atoms with Gasteiger partial charge in [0.15, 0.2) is 11.0 Å². The standard InChI is InChI=1S/C23H24N4OS/c1-15-8-7-9-16(12-15)27-21(18-13-24-19-11-6-5-10-17(18)19)25-26-22(27)29-14-20(28)23(2,3)4/h5-13,24H,14H2,1-4H3. The van der Waals surface area contributed by atoms with E-state index in [-0.39, 0.29) is 11.2 Å². The third-order valence-electron chi connectivity index (χ3n) is 4.89. The second-order valence-corrected chi connectivity index (χ2v) is 9.13. The molecule has 2 heterocycles. The van der Waals surface area contributed by atoms with Gasteiger partial charge in [0.1, 0.15) is 5.78 Å². The first-order valence-electron chi connectivity index (χ1n) is 9.59. The summed E-state index contributed by atoms with van der Waals surface area (Å²) in [5.41, 5.74) is 3.81. The quantitative estimate of drug-likeness (QED) is 0.450. The highest BCUT2D eigenvalue weighted by Gasteiger charge is 2.24. The number of aromatic amines is 1. The molecule has 0 amide bonds. The molecule has 0 radical (unpaired) electrons.